The summed E-state index contributed by atoms with van der Waals surface area (Å²) in [7, 11) is 0. The van der Waals surface area contributed by atoms with Gasteiger partial charge in [0.1, 0.15) is 6.04 Å². The average molecular weight is 321 g/mol. The number of hydrogen-bond donors (Lipinski definition) is 2. The number of amides is 1. The molecule has 5 heteroatoms. The lowest BCUT2D eigenvalue weighted by Crippen LogP contribution is -2.47. The van der Waals surface area contributed by atoms with Gasteiger partial charge >= 0.3 is 5.97 Å². The van der Waals surface area contributed by atoms with E-state index in [0.29, 0.717) is 13.0 Å². The second-order valence-corrected chi connectivity index (χ2v) is 6.80. The first-order valence-electron chi connectivity index (χ1n) is 7.67. The van der Waals surface area contributed by atoms with E-state index in [2.05, 4.69) is 12.6 Å². The van der Waals surface area contributed by atoms with Crippen molar-refractivity contribution in [3.8, 4) is 0 Å². The molecule has 1 amide bonds. The van der Waals surface area contributed by atoms with Crippen LogP contribution in [0.2, 0.25) is 0 Å². The molecule has 0 spiro atoms. The van der Waals surface area contributed by atoms with Gasteiger partial charge in [0.15, 0.2) is 0 Å². The summed E-state index contributed by atoms with van der Waals surface area (Å²) in [6, 6.07) is 9.09. The maximum atomic E-state index is 12.5. The van der Waals surface area contributed by atoms with Crippen LogP contribution in [-0.4, -0.2) is 39.7 Å². The van der Waals surface area contributed by atoms with Crippen LogP contribution in [0.25, 0.3) is 0 Å². The van der Waals surface area contributed by atoms with Crippen molar-refractivity contribution in [1.82, 2.24) is 4.90 Å². The molecule has 0 radical (unpaired) electrons. The van der Waals surface area contributed by atoms with Gasteiger partial charge in [-0.1, -0.05) is 44.2 Å². The minimum atomic E-state index is -0.920. The van der Waals surface area contributed by atoms with Gasteiger partial charge in [0.2, 0.25) is 5.91 Å². The molecule has 0 bridgehead atoms. The fraction of sp³-hybridized carbons (Fsp3) is 0.529. The van der Waals surface area contributed by atoms with Crippen molar-refractivity contribution in [2.24, 2.45) is 11.8 Å². The van der Waals surface area contributed by atoms with Crippen LogP contribution in [-0.2, 0) is 16.0 Å². The number of carboxylic acid groups (broad SMARTS) is 1. The molecule has 120 valence electrons. The molecule has 1 aromatic rings. The molecule has 1 aromatic carbocycles. The predicted octanol–water partition coefficient (Wildman–Crippen LogP) is 2.49. The first-order chi connectivity index (χ1) is 10.4. The van der Waals surface area contributed by atoms with E-state index in [1.807, 2.05) is 44.2 Å². The van der Waals surface area contributed by atoms with Crippen LogP contribution in [0.15, 0.2) is 30.3 Å². The highest BCUT2D eigenvalue weighted by Gasteiger charge is 2.43. The van der Waals surface area contributed by atoms with E-state index in [1.54, 1.807) is 0 Å². The molecule has 0 aliphatic carbocycles. The van der Waals surface area contributed by atoms with Crippen molar-refractivity contribution >= 4 is 24.5 Å². The summed E-state index contributed by atoms with van der Waals surface area (Å²) in [4.78, 5) is 25.7. The van der Waals surface area contributed by atoms with E-state index in [-0.39, 0.29) is 17.7 Å². The van der Waals surface area contributed by atoms with Gasteiger partial charge in [-0.3, -0.25) is 4.79 Å². The Kier molecular flexibility index (Phi) is 5.51. The highest BCUT2D eigenvalue weighted by atomic mass is 32.1. The maximum Gasteiger partial charge on any atom is 0.326 e. The molecule has 1 unspecified atom stereocenters. The Bertz CT molecular complexity index is 532. The Morgan fingerprint density at radius 2 is 1.95 bits per heavy atom. The molecule has 1 saturated heterocycles. The molecule has 3 atom stereocenters. The topological polar surface area (TPSA) is 57.6 Å². The number of hydrogen-bond acceptors (Lipinski definition) is 3. The summed E-state index contributed by atoms with van der Waals surface area (Å²) in [5.41, 5.74) is 1.11. The lowest BCUT2D eigenvalue weighted by molar-refractivity contribution is -0.149. The lowest BCUT2D eigenvalue weighted by Gasteiger charge is -2.28. The number of aliphatic carboxylic acids is 1. The van der Waals surface area contributed by atoms with Crippen molar-refractivity contribution in [3.63, 3.8) is 0 Å². The van der Waals surface area contributed by atoms with Crippen LogP contribution < -0.4 is 0 Å². The number of likely N-dealkylation sites (tertiary alicyclic amines) is 1. The summed E-state index contributed by atoms with van der Waals surface area (Å²) >= 11 is 4.35. The predicted molar refractivity (Wildman–Crippen MR) is 89.0 cm³/mol. The standard InChI is InChI=1S/C17H23NO3S/c1-11(2)15(22)16(19)18-9-8-13(14(18)17(20)21)10-12-6-4-3-5-7-12/h3-7,11,13-15,22H,8-10H2,1-2H3,(H,20,21)/t13-,14+,15?/m1/s1. The third-order valence-corrected chi connectivity index (χ3v) is 5.10. The van der Waals surface area contributed by atoms with Gasteiger partial charge in [0.05, 0.1) is 5.25 Å². The van der Waals surface area contributed by atoms with E-state index in [9.17, 15) is 14.7 Å². The van der Waals surface area contributed by atoms with Crippen LogP contribution >= 0.6 is 12.6 Å². The van der Waals surface area contributed by atoms with Crippen molar-refractivity contribution in [1.29, 1.82) is 0 Å². The van der Waals surface area contributed by atoms with Gasteiger partial charge in [-0.05, 0) is 30.2 Å². The molecule has 1 N–H and O–H groups in total. The first-order valence-corrected chi connectivity index (χ1v) is 8.18. The zero-order valence-electron chi connectivity index (χ0n) is 13.0. The molecule has 2 rings (SSSR count). The summed E-state index contributed by atoms with van der Waals surface area (Å²) in [5.74, 6) is -1.05. The van der Waals surface area contributed by atoms with E-state index >= 15 is 0 Å². The molecule has 1 fully saturated rings. The van der Waals surface area contributed by atoms with Crippen LogP contribution in [0.3, 0.4) is 0 Å². The number of carbonyl (C=O) groups is 2. The second kappa shape index (κ2) is 7.18. The van der Waals surface area contributed by atoms with Crippen LogP contribution in [0.1, 0.15) is 25.8 Å². The van der Waals surface area contributed by atoms with Crippen LogP contribution in [0.4, 0.5) is 0 Å². The molecule has 1 heterocycles. The molecule has 0 aromatic heterocycles. The van der Waals surface area contributed by atoms with Gasteiger partial charge in [0.25, 0.3) is 0 Å². The summed E-state index contributed by atoms with van der Waals surface area (Å²) in [6.45, 7) is 4.34. The molecular weight excluding hydrogens is 298 g/mol. The van der Waals surface area contributed by atoms with E-state index in [0.717, 1.165) is 12.0 Å². The minimum absolute atomic E-state index is 0.0449. The maximum absolute atomic E-state index is 12.5. The number of thiol groups is 1. The highest BCUT2D eigenvalue weighted by molar-refractivity contribution is 7.81. The molecule has 0 saturated carbocycles. The fourth-order valence-corrected chi connectivity index (χ4v) is 3.17. The van der Waals surface area contributed by atoms with Gasteiger partial charge in [-0.25, -0.2) is 4.79 Å². The number of benzene rings is 1. The van der Waals surface area contributed by atoms with Crippen LogP contribution in [0, 0.1) is 11.8 Å². The van der Waals surface area contributed by atoms with Gasteiger partial charge in [-0.2, -0.15) is 12.6 Å². The van der Waals surface area contributed by atoms with E-state index in [4.69, 9.17) is 0 Å². The van der Waals surface area contributed by atoms with E-state index < -0.39 is 17.3 Å². The van der Waals surface area contributed by atoms with Crippen molar-refractivity contribution in [3.05, 3.63) is 35.9 Å². The Morgan fingerprint density at radius 3 is 2.50 bits per heavy atom. The van der Waals surface area contributed by atoms with Crippen molar-refractivity contribution < 1.29 is 14.7 Å². The summed E-state index contributed by atoms with van der Waals surface area (Å²) < 4.78 is 0. The lowest BCUT2D eigenvalue weighted by atomic mass is 9.92. The summed E-state index contributed by atoms with van der Waals surface area (Å²) in [6.07, 6.45) is 1.40. The molecule has 1 aliphatic heterocycles. The first kappa shape index (κ1) is 16.9. The Hall–Kier alpha value is -1.49. The normalized spacial score (nSPS) is 22.8. The average Bonchev–Trinajstić information content (AvgIpc) is 2.90. The monoisotopic (exact) mass is 321 g/mol. The van der Waals surface area contributed by atoms with Crippen LogP contribution in [0.5, 0.6) is 0 Å². The van der Waals surface area contributed by atoms with Gasteiger partial charge < -0.3 is 10.0 Å². The molecular formula is C17H23NO3S. The van der Waals surface area contributed by atoms with Gasteiger partial charge in [0, 0.05) is 6.54 Å². The third-order valence-electron chi connectivity index (χ3n) is 4.28. The number of carbonyl (C=O) groups excluding carboxylic acids is 1. The second-order valence-electron chi connectivity index (χ2n) is 6.24. The minimum Gasteiger partial charge on any atom is -0.480 e. The highest BCUT2D eigenvalue weighted by Crippen LogP contribution is 2.30. The number of carboxylic acids is 1. The van der Waals surface area contributed by atoms with Crippen molar-refractivity contribution in [2.75, 3.05) is 6.54 Å². The Morgan fingerprint density at radius 1 is 1.32 bits per heavy atom. The largest absolute Gasteiger partial charge is 0.480 e. The zero-order valence-corrected chi connectivity index (χ0v) is 13.9. The molecule has 22 heavy (non-hydrogen) atoms. The molecule has 1 aliphatic rings. The quantitative estimate of drug-likeness (QED) is 0.819. The van der Waals surface area contributed by atoms with Crippen molar-refractivity contribution in [2.45, 2.75) is 38.0 Å². The summed E-state index contributed by atoms with van der Waals surface area (Å²) in [5, 5.41) is 9.14. The number of rotatable bonds is 5. The SMILES string of the molecule is CC(C)C(S)C(=O)N1CC[C@H](Cc2ccccc2)[C@H]1C(=O)O. The Balaban J connectivity index is 2.14. The Labute approximate surface area is 136 Å². The zero-order chi connectivity index (χ0) is 16.3. The third kappa shape index (κ3) is 3.64. The smallest absolute Gasteiger partial charge is 0.326 e. The molecule has 4 nitrogen and oxygen atoms in total. The van der Waals surface area contributed by atoms with E-state index in [1.165, 1.54) is 4.90 Å². The number of nitrogens with zero attached hydrogens (tertiary/aromatic N) is 1. The van der Waals surface area contributed by atoms with Gasteiger partial charge in [-0.15, -0.1) is 0 Å². The fourth-order valence-electron chi connectivity index (χ4n) is 3.02.